The molecule has 7 heteroatoms. The molecule has 0 rings (SSSR count). The minimum absolute atomic E-state index is 0.151. The molecule has 0 aromatic heterocycles. The van der Waals surface area contributed by atoms with Crippen molar-refractivity contribution in [3.05, 3.63) is 0 Å². The van der Waals surface area contributed by atoms with Gasteiger partial charge in [0.05, 0.1) is 0 Å². The highest BCUT2D eigenvalue weighted by molar-refractivity contribution is 6.60. The molecule has 5 nitrogen and oxygen atoms in total. The molecule has 0 saturated carbocycles. The van der Waals surface area contributed by atoms with Gasteiger partial charge in [0.15, 0.2) is 9.76 Å². The van der Waals surface area contributed by atoms with Crippen LogP contribution in [0.2, 0.25) is 6.04 Å². The number of hydrogen-bond acceptors (Lipinski definition) is 5. The van der Waals surface area contributed by atoms with Gasteiger partial charge in [-0.3, -0.25) is 0 Å². The normalized spacial score (nSPS) is 14.5. The van der Waals surface area contributed by atoms with Crippen LogP contribution in [0.5, 0.6) is 0 Å². The lowest BCUT2D eigenvalue weighted by Crippen LogP contribution is -2.47. The Labute approximate surface area is 115 Å². The van der Waals surface area contributed by atoms with Crippen molar-refractivity contribution in [3.63, 3.8) is 0 Å². The molecule has 0 bridgehead atoms. The first-order valence-corrected chi connectivity index (χ1v) is 10.2. The summed E-state index contributed by atoms with van der Waals surface area (Å²) >= 11 is 0. The van der Waals surface area contributed by atoms with Crippen LogP contribution in [0.1, 0.15) is 34.1 Å². The molecule has 2 N–H and O–H groups in total. The molecule has 0 aliphatic carbocycles. The Balaban J connectivity index is 4.27. The molecule has 0 aromatic rings. The van der Waals surface area contributed by atoms with Crippen molar-refractivity contribution >= 4 is 18.6 Å². The van der Waals surface area contributed by atoms with Crippen molar-refractivity contribution in [2.45, 2.75) is 45.8 Å². The molecule has 0 spiro atoms. The maximum Gasteiger partial charge on any atom is 0.500 e. The van der Waals surface area contributed by atoms with E-state index in [1.54, 1.807) is 0 Å². The fourth-order valence-corrected chi connectivity index (χ4v) is 5.76. The lowest BCUT2D eigenvalue weighted by atomic mass is 10.5. The standard InChI is InChI=1S/C11H29NO4Si2/c1-5-13-17-11(12)9-10-18(14-6-2,15-7-3)16-8-4/h11H,5-10,12,17H2,1-4H3. The molecule has 0 amide bonds. The topological polar surface area (TPSA) is 62.9 Å². The molecule has 0 saturated heterocycles. The Morgan fingerprint density at radius 3 is 1.83 bits per heavy atom. The van der Waals surface area contributed by atoms with Gasteiger partial charge in [0.2, 0.25) is 0 Å². The highest BCUT2D eigenvalue weighted by atomic mass is 28.4. The van der Waals surface area contributed by atoms with Crippen molar-refractivity contribution in [1.82, 2.24) is 0 Å². The average molecular weight is 296 g/mol. The van der Waals surface area contributed by atoms with Gasteiger partial charge in [0.25, 0.3) is 0 Å². The van der Waals surface area contributed by atoms with E-state index in [9.17, 15) is 0 Å². The predicted octanol–water partition coefficient (Wildman–Crippen LogP) is 0.830. The van der Waals surface area contributed by atoms with E-state index < -0.39 is 18.6 Å². The molecule has 110 valence electrons. The molecule has 0 heterocycles. The third-order valence-corrected chi connectivity index (χ3v) is 7.02. The van der Waals surface area contributed by atoms with Gasteiger partial charge >= 0.3 is 8.80 Å². The van der Waals surface area contributed by atoms with Crippen molar-refractivity contribution < 1.29 is 17.7 Å². The second kappa shape index (κ2) is 11.1. The zero-order valence-corrected chi connectivity index (χ0v) is 14.7. The lowest BCUT2D eigenvalue weighted by Gasteiger charge is -2.29. The number of hydrogen-bond donors (Lipinski definition) is 1. The van der Waals surface area contributed by atoms with E-state index in [0.29, 0.717) is 19.8 Å². The Morgan fingerprint density at radius 2 is 1.44 bits per heavy atom. The minimum atomic E-state index is -2.51. The quantitative estimate of drug-likeness (QED) is 0.540. The summed E-state index contributed by atoms with van der Waals surface area (Å²) in [6, 6.07) is 0.782. The molecule has 0 aromatic carbocycles. The van der Waals surface area contributed by atoms with Crippen LogP contribution in [0, 0.1) is 0 Å². The van der Waals surface area contributed by atoms with E-state index in [4.69, 9.17) is 23.4 Å². The molecule has 0 aliphatic heterocycles. The number of rotatable bonds is 12. The summed E-state index contributed by atoms with van der Waals surface area (Å²) < 4.78 is 22.8. The van der Waals surface area contributed by atoms with Crippen molar-refractivity contribution in [1.29, 1.82) is 0 Å². The smallest absolute Gasteiger partial charge is 0.423 e. The zero-order chi connectivity index (χ0) is 13.9. The van der Waals surface area contributed by atoms with E-state index in [1.807, 2.05) is 27.7 Å². The van der Waals surface area contributed by atoms with Gasteiger partial charge in [-0.1, -0.05) is 0 Å². The highest BCUT2D eigenvalue weighted by Crippen LogP contribution is 2.18. The first-order valence-electron chi connectivity index (χ1n) is 6.89. The van der Waals surface area contributed by atoms with Crippen LogP contribution in [0.3, 0.4) is 0 Å². The molecular formula is C11H29NO4Si2. The van der Waals surface area contributed by atoms with Crippen molar-refractivity contribution in [2.24, 2.45) is 5.73 Å². The summed E-state index contributed by atoms with van der Waals surface area (Å²) in [6.45, 7) is 10.5. The van der Waals surface area contributed by atoms with Crippen LogP contribution < -0.4 is 5.73 Å². The lowest BCUT2D eigenvalue weighted by molar-refractivity contribution is 0.0707. The van der Waals surface area contributed by atoms with E-state index in [0.717, 1.165) is 19.1 Å². The van der Waals surface area contributed by atoms with Gasteiger partial charge in [-0.25, -0.2) is 0 Å². The van der Waals surface area contributed by atoms with Crippen LogP contribution in [-0.2, 0) is 17.7 Å². The first kappa shape index (κ1) is 18.2. The highest BCUT2D eigenvalue weighted by Gasteiger charge is 2.40. The fourth-order valence-electron chi connectivity index (χ4n) is 1.72. The maximum atomic E-state index is 6.05. The summed E-state index contributed by atoms with van der Waals surface area (Å²) in [4.78, 5) is 0. The van der Waals surface area contributed by atoms with Crippen LogP contribution in [0.4, 0.5) is 0 Å². The predicted molar refractivity (Wildman–Crippen MR) is 78.2 cm³/mol. The molecule has 18 heavy (non-hydrogen) atoms. The molecule has 1 atom stereocenters. The van der Waals surface area contributed by atoms with Crippen LogP contribution in [-0.4, -0.2) is 50.7 Å². The third kappa shape index (κ3) is 7.62. The van der Waals surface area contributed by atoms with Gasteiger partial charge in [-0.05, 0) is 34.1 Å². The van der Waals surface area contributed by atoms with Gasteiger partial charge in [-0.15, -0.1) is 0 Å². The van der Waals surface area contributed by atoms with Crippen LogP contribution in [0.15, 0.2) is 0 Å². The van der Waals surface area contributed by atoms with Crippen molar-refractivity contribution in [2.75, 3.05) is 26.4 Å². The summed E-state index contributed by atoms with van der Waals surface area (Å²) in [5, 5.41) is 0. The number of nitrogens with two attached hydrogens (primary N) is 1. The monoisotopic (exact) mass is 295 g/mol. The summed E-state index contributed by atoms with van der Waals surface area (Å²) in [5.41, 5.74) is 6.20. The zero-order valence-electron chi connectivity index (χ0n) is 12.2. The Kier molecular flexibility index (Phi) is 11.2. The molecule has 1 unspecified atom stereocenters. The van der Waals surface area contributed by atoms with E-state index in [2.05, 4.69) is 0 Å². The molecule has 0 radical (unpaired) electrons. The largest absolute Gasteiger partial charge is 0.500 e. The Bertz CT molecular complexity index is 181. The molecule has 0 fully saturated rings. The van der Waals surface area contributed by atoms with E-state index in [1.165, 1.54) is 0 Å². The summed E-state index contributed by atoms with van der Waals surface area (Å²) in [6.07, 6.45) is 0.860. The second-order valence-electron chi connectivity index (χ2n) is 3.94. The van der Waals surface area contributed by atoms with Crippen molar-refractivity contribution in [3.8, 4) is 0 Å². The molecule has 0 aliphatic rings. The SMILES string of the molecule is CCO[SiH2]C(N)CC[Si](OCC)(OCC)OCC. The van der Waals surface area contributed by atoms with Gasteiger partial charge in [-0.2, -0.15) is 0 Å². The van der Waals surface area contributed by atoms with E-state index in [-0.39, 0.29) is 5.67 Å². The Morgan fingerprint density at radius 1 is 0.944 bits per heavy atom. The van der Waals surface area contributed by atoms with Crippen LogP contribution >= 0.6 is 0 Å². The third-order valence-electron chi connectivity index (χ3n) is 2.45. The summed E-state index contributed by atoms with van der Waals surface area (Å²) in [5.74, 6) is 0. The fraction of sp³-hybridized carbons (Fsp3) is 1.00. The Hall–Kier alpha value is 0.234. The minimum Gasteiger partial charge on any atom is -0.423 e. The first-order chi connectivity index (χ1) is 8.64. The average Bonchev–Trinajstić information content (AvgIpc) is 2.35. The molecular weight excluding hydrogens is 266 g/mol. The van der Waals surface area contributed by atoms with E-state index >= 15 is 0 Å². The summed E-state index contributed by atoms with van der Waals surface area (Å²) in [7, 11) is -3.15. The second-order valence-corrected chi connectivity index (χ2v) is 8.46. The van der Waals surface area contributed by atoms with Gasteiger partial charge < -0.3 is 23.4 Å². The van der Waals surface area contributed by atoms with Crippen LogP contribution in [0.25, 0.3) is 0 Å². The van der Waals surface area contributed by atoms with Gasteiger partial charge in [0.1, 0.15) is 0 Å². The maximum absolute atomic E-state index is 6.05. The van der Waals surface area contributed by atoms with Gasteiger partial charge in [0, 0.05) is 38.1 Å².